The average Bonchev–Trinajstić information content (AvgIpc) is 2.74. The van der Waals surface area contributed by atoms with Gasteiger partial charge in [-0.1, -0.05) is 55.5 Å². The van der Waals surface area contributed by atoms with Gasteiger partial charge in [-0.25, -0.2) is 0 Å². The Kier molecular flexibility index (Phi) is 6.63. The number of rotatable bonds is 7. The minimum absolute atomic E-state index is 0.0626. The maximum absolute atomic E-state index is 12.6. The molecule has 0 heterocycles. The number of anilines is 3. The number of nitrogens with one attached hydrogen (secondary N) is 3. The van der Waals surface area contributed by atoms with Gasteiger partial charge in [-0.05, 0) is 48.7 Å². The third-order valence-electron chi connectivity index (χ3n) is 4.65. The van der Waals surface area contributed by atoms with E-state index < -0.39 is 0 Å². The number of benzene rings is 3. The largest absolute Gasteiger partial charge is 0.376 e. The van der Waals surface area contributed by atoms with E-state index in [1.165, 1.54) is 0 Å². The van der Waals surface area contributed by atoms with Crippen LogP contribution in [0, 0.1) is 6.92 Å². The van der Waals surface area contributed by atoms with Gasteiger partial charge in [0.05, 0.1) is 12.1 Å². The minimum atomic E-state index is -0.230. The van der Waals surface area contributed by atoms with Crippen LogP contribution in [0.5, 0.6) is 0 Å². The van der Waals surface area contributed by atoms with Crippen LogP contribution < -0.4 is 16.0 Å². The normalized spacial score (nSPS) is 10.3. The Morgan fingerprint density at radius 1 is 0.828 bits per heavy atom. The Labute approximate surface area is 171 Å². The lowest BCUT2D eigenvalue weighted by Crippen LogP contribution is -2.24. The fraction of sp³-hybridized carbons (Fsp3) is 0.167. The highest BCUT2D eigenvalue weighted by Crippen LogP contribution is 2.21. The van der Waals surface area contributed by atoms with E-state index in [0.717, 1.165) is 28.9 Å². The molecular formula is C24H25N3O2. The third kappa shape index (κ3) is 5.23. The maximum atomic E-state index is 12.6. The first-order chi connectivity index (χ1) is 14.1. The highest BCUT2D eigenvalue weighted by molar-refractivity contribution is 6.08. The van der Waals surface area contributed by atoms with Gasteiger partial charge >= 0.3 is 0 Å². The first-order valence-electron chi connectivity index (χ1n) is 9.66. The summed E-state index contributed by atoms with van der Waals surface area (Å²) >= 11 is 0. The van der Waals surface area contributed by atoms with Gasteiger partial charge in [0.1, 0.15) is 0 Å². The zero-order valence-corrected chi connectivity index (χ0v) is 16.7. The van der Waals surface area contributed by atoms with Crippen LogP contribution in [0.2, 0.25) is 0 Å². The predicted octanol–water partition coefficient (Wildman–Crippen LogP) is 4.86. The number of aryl methyl sites for hydroxylation is 2. The van der Waals surface area contributed by atoms with E-state index in [2.05, 4.69) is 22.9 Å². The van der Waals surface area contributed by atoms with Crippen LogP contribution in [0.25, 0.3) is 0 Å². The second kappa shape index (κ2) is 9.55. The van der Waals surface area contributed by atoms with E-state index in [1.54, 1.807) is 18.2 Å². The van der Waals surface area contributed by atoms with Crippen molar-refractivity contribution in [3.63, 3.8) is 0 Å². The van der Waals surface area contributed by atoms with Crippen LogP contribution in [-0.2, 0) is 11.2 Å². The Morgan fingerprint density at radius 3 is 2.31 bits per heavy atom. The number of carbonyl (C=O) groups is 2. The molecule has 29 heavy (non-hydrogen) atoms. The first-order valence-corrected chi connectivity index (χ1v) is 9.66. The summed E-state index contributed by atoms with van der Waals surface area (Å²) in [6.45, 7) is 4.10. The molecule has 0 spiro atoms. The molecule has 0 saturated heterocycles. The van der Waals surface area contributed by atoms with Crippen molar-refractivity contribution in [3.05, 3.63) is 89.5 Å². The molecule has 0 aliphatic rings. The van der Waals surface area contributed by atoms with Crippen molar-refractivity contribution in [3.8, 4) is 0 Å². The van der Waals surface area contributed by atoms with E-state index in [9.17, 15) is 9.59 Å². The first kappa shape index (κ1) is 20.1. The molecule has 0 saturated carbocycles. The van der Waals surface area contributed by atoms with Gasteiger partial charge < -0.3 is 16.0 Å². The van der Waals surface area contributed by atoms with Gasteiger partial charge in [0.25, 0.3) is 5.91 Å². The molecule has 148 valence electrons. The summed E-state index contributed by atoms with van der Waals surface area (Å²) in [6, 6.07) is 22.4. The van der Waals surface area contributed by atoms with Crippen LogP contribution >= 0.6 is 0 Å². The van der Waals surface area contributed by atoms with Gasteiger partial charge in [-0.2, -0.15) is 0 Å². The smallest absolute Gasteiger partial charge is 0.257 e. The van der Waals surface area contributed by atoms with Gasteiger partial charge in [-0.3, -0.25) is 9.59 Å². The van der Waals surface area contributed by atoms with Crippen molar-refractivity contribution < 1.29 is 9.59 Å². The van der Waals surface area contributed by atoms with Gasteiger partial charge in [-0.15, -0.1) is 0 Å². The molecule has 0 aliphatic heterocycles. The van der Waals surface area contributed by atoms with Crippen molar-refractivity contribution in [2.24, 2.45) is 0 Å². The molecule has 3 rings (SSSR count). The number of para-hydroxylation sites is 3. The summed E-state index contributed by atoms with van der Waals surface area (Å²) in [4.78, 5) is 25.2. The minimum Gasteiger partial charge on any atom is -0.376 e. The lowest BCUT2D eigenvalue weighted by molar-refractivity contribution is -0.114. The molecule has 0 atom stereocenters. The standard InChI is InChI=1S/C24H25N3O2/c1-3-18-11-9-10-17(2)23(18)27-22(28)16-25-21-15-8-7-14-20(21)24(29)26-19-12-5-4-6-13-19/h4-15,25H,3,16H2,1-2H3,(H,26,29)(H,27,28). The number of hydrogen-bond donors (Lipinski definition) is 3. The number of hydrogen-bond acceptors (Lipinski definition) is 3. The topological polar surface area (TPSA) is 70.2 Å². The molecule has 0 aromatic heterocycles. The number of amides is 2. The monoisotopic (exact) mass is 387 g/mol. The van der Waals surface area contributed by atoms with Gasteiger partial charge in [0.2, 0.25) is 5.91 Å². The molecular weight excluding hydrogens is 362 g/mol. The fourth-order valence-electron chi connectivity index (χ4n) is 3.12. The van der Waals surface area contributed by atoms with Crippen LogP contribution in [0.4, 0.5) is 17.1 Å². The van der Waals surface area contributed by atoms with Crippen molar-refractivity contribution in [2.75, 3.05) is 22.5 Å². The predicted molar refractivity (Wildman–Crippen MR) is 119 cm³/mol. The van der Waals surface area contributed by atoms with E-state index in [-0.39, 0.29) is 18.4 Å². The van der Waals surface area contributed by atoms with Crippen LogP contribution in [0.3, 0.4) is 0 Å². The van der Waals surface area contributed by atoms with Crippen LogP contribution in [0.1, 0.15) is 28.4 Å². The number of carbonyl (C=O) groups excluding carboxylic acids is 2. The average molecular weight is 387 g/mol. The SMILES string of the molecule is CCc1cccc(C)c1NC(=O)CNc1ccccc1C(=O)Nc1ccccc1. The van der Waals surface area contributed by atoms with Crippen molar-refractivity contribution in [1.82, 2.24) is 0 Å². The molecule has 0 fully saturated rings. The van der Waals surface area contributed by atoms with E-state index in [4.69, 9.17) is 0 Å². The Morgan fingerprint density at radius 2 is 1.55 bits per heavy atom. The fourth-order valence-corrected chi connectivity index (χ4v) is 3.12. The quantitative estimate of drug-likeness (QED) is 0.542. The third-order valence-corrected chi connectivity index (χ3v) is 4.65. The molecule has 3 aromatic rings. The van der Waals surface area contributed by atoms with Crippen LogP contribution in [0.15, 0.2) is 72.8 Å². The summed E-state index contributed by atoms with van der Waals surface area (Å²) in [5, 5.41) is 8.94. The lowest BCUT2D eigenvalue weighted by atomic mass is 10.1. The van der Waals surface area contributed by atoms with E-state index in [0.29, 0.717) is 11.3 Å². The van der Waals surface area contributed by atoms with Crippen molar-refractivity contribution in [2.45, 2.75) is 20.3 Å². The Balaban J connectivity index is 1.67. The van der Waals surface area contributed by atoms with E-state index >= 15 is 0 Å². The van der Waals surface area contributed by atoms with E-state index in [1.807, 2.05) is 61.5 Å². The summed E-state index contributed by atoms with van der Waals surface area (Å²) in [5.41, 5.74) is 4.79. The summed E-state index contributed by atoms with van der Waals surface area (Å²) in [5.74, 6) is -0.390. The van der Waals surface area contributed by atoms with Crippen LogP contribution in [-0.4, -0.2) is 18.4 Å². The second-order valence-electron chi connectivity index (χ2n) is 6.73. The Hall–Kier alpha value is -3.60. The molecule has 3 N–H and O–H groups in total. The second-order valence-corrected chi connectivity index (χ2v) is 6.73. The highest BCUT2D eigenvalue weighted by Gasteiger charge is 2.13. The zero-order chi connectivity index (χ0) is 20.6. The highest BCUT2D eigenvalue weighted by atomic mass is 16.2. The van der Waals surface area contributed by atoms with Gasteiger partial charge in [0, 0.05) is 17.1 Å². The lowest BCUT2D eigenvalue weighted by Gasteiger charge is -2.15. The maximum Gasteiger partial charge on any atom is 0.257 e. The molecule has 2 amide bonds. The molecule has 0 unspecified atom stereocenters. The molecule has 0 bridgehead atoms. The summed E-state index contributed by atoms with van der Waals surface area (Å²) in [7, 11) is 0. The Bertz CT molecular complexity index is 1000. The van der Waals surface area contributed by atoms with Crippen molar-refractivity contribution >= 4 is 28.9 Å². The molecule has 0 radical (unpaired) electrons. The molecule has 5 nitrogen and oxygen atoms in total. The summed E-state index contributed by atoms with van der Waals surface area (Å²) in [6.07, 6.45) is 0.840. The summed E-state index contributed by atoms with van der Waals surface area (Å²) < 4.78 is 0. The molecule has 3 aromatic carbocycles. The molecule has 0 aliphatic carbocycles. The van der Waals surface area contributed by atoms with Crippen molar-refractivity contribution in [1.29, 1.82) is 0 Å². The molecule has 5 heteroatoms. The zero-order valence-electron chi connectivity index (χ0n) is 16.7. The van der Waals surface area contributed by atoms with Gasteiger partial charge in [0.15, 0.2) is 0 Å².